The van der Waals surface area contributed by atoms with Crippen molar-refractivity contribution in [3.63, 3.8) is 0 Å². The van der Waals surface area contributed by atoms with E-state index in [4.69, 9.17) is 14.5 Å². The lowest BCUT2D eigenvalue weighted by atomic mass is 10.1. The van der Waals surface area contributed by atoms with Crippen molar-refractivity contribution in [1.29, 1.82) is 0 Å². The van der Waals surface area contributed by atoms with Gasteiger partial charge in [0.1, 0.15) is 28.5 Å². The molecule has 3 aromatic rings. The molecule has 1 N–H and O–H groups in total. The van der Waals surface area contributed by atoms with Crippen molar-refractivity contribution in [2.75, 3.05) is 25.5 Å². The van der Waals surface area contributed by atoms with Gasteiger partial charge in [-0.25, -0.2) is 14.8 Å². The summed E-state index contributed by atoms with van der Waals surface area (Å²) in [6, 6.07) is 3.84. The highest BCUT2D eigenvalue weighted by Crippen LogP contribution is 2.23. The molecule has 0 radical (unpaired) electrons. The molecule has 1 aliphatic heterocycles. The number of nitrogens with zero attached hydrogens (tertiary/aromatic N) is 5. The molecule has 1 atom stereocenters. The number of piperidine rings is 1. The summed E-state index contributed by atoms with van der Waals surface area (Å²) >= 11 is 0. The van der Waals surface area contributed by atoms with Gasteiger partial charge in [-0.2, -0.15) is 0 Å². The molecule has 0 saturated carbocycles. The van der Waals surface area contributed by atoms with Gasteiger partial charge in [0.2, 0.25) is 0 Å². The van der Waals surface area contributed by atoms with Crippen molar-refractivity contribution in [2.24, 2.45) is 0 Å². The van der Waals surface area contributed by atoms with E-state index in [9.17, 15) is 4.79 Å². The van der Waals surface area contributed by atoms with E-state index in [0.29, 0.717) is 24.6 Å². The van der Waals surface area contributed by atoms with Crippen LogP contribution in [0.15, 0.2) is 36.9 Å². The fourth-order valence-corrected chi connectivity index (χ4v) is 3.63. The lowest BCUT2D eigenvalue weighted by Crippen LogP contribution is -2.47. The number of methoxy groups -OCH3 is 1. The molecular weight excluding hydrogens is 396 g/mol. The Bertz CT molecular complexity index is 1070. The molecule has 0 aliphatic carbocycles. The van der Waals surface area contributed by atoms with E-state index in [2.05, 4.69) is 15.3 Å². The lowest BCUT2D eigenvalue weighted by molar-refractivity contribution is 0.0206. The van der Waals surface area contributed by atoms with Crippen molar-refractivity contribution in [1.82, 2.24) is 24.3 Å². The van der Waals surface area contributed by atoms with Crippen LogP contribution in [0.3, 0.4) is 0 Å². The van der Waals surface area contributed by atoms with Gasteiger partial charge in [0.25, 0.3) is 0 Å². The summed E-state index contributed by atoms with van der Waals surface area (Å²) in [6.07, 6.45) is 8.61. The molecule has 1 fully saturated rings. The van der Waals surface area contributed by atoms with Crippen LogP contribution < -0.4 is 10.1 Å². The summed E-state index contributed by atoms with van der Waals surface area (Å²) in [4.78, 5) is 27.7. The van der Waals surface area contributed by atoms with E-state index in [0.717, 1.165) is 29.9 Å². The Hall–Kier alpha value is -3.36. The molecule has 0 bridgehead atoms. The Balaban J connectivity index is 1.50. The number of anilines is 1. The van der Waals surface area contributed by atoms with Gasteiger partial charge in [-0.3, -0.25) is 9.38 Å². The van der Waals surface area contributed by atoms with Gasteiger partial charge in [0, 0.05) is 19.1 Å². The Kier molecular flexibility index (Phi) is 5.67. The number of likely N-dealkylation sites (tertiary alicyclic amines) is 1. The zero-order valence-electron chi connectivity index (χ0n) is 18.3. The number of hydrogen-bond donors (Lipinski definition) is 1. The van der Waals surface area contributed by atoms with Crippen LogP contribution in [0.25, 0.3) is 17.0 Å². The molecule has 1 amide bonds. The van der Waals surface area contributed by atoms with Gasteiger partial charge in [-0.05, 0) is 45.7 Å². The highest BCUT2D eigenvalue weighted by Gasteiger charge is 2.27. The zero-order valence-corrected chi connectivity index (χ0v) is 18.3. The minimum Gasteiger partial charge on any atom is -0.495 e. The molecule has 31 heavy (non-hydrogen) atoms. The lowest BCUT2D eigenvalue weighted by Gasteiger charge is -2.34. The minimum atomic E-state index is -0.506. The third kappa shape index (κ3) is 4.87. The van der Waals surface area contributed by atoms with E-state index in [1.807, 2.05) is 43.5 Å². The number of rotatable bonds is 4. The Morgan fingerprint density at radius 3 is 2.84 bits per heavy atom. The summed E-state index contributed by atoms with van der Waals surface area (Å²) < 4.78 is 12.8. The molecule has 1 aliphatic rings. The highest BCUT2D eigenvalue weighted by molar-refractivity contribution is 5.68. The molecule has 164 valence electrons. The number of carbonyl (C=O) groups excluding carboxylic acids is 1. The third-order valence-corrected chi connectivity index (χ3v) is 5.04. The van der Waals surface area contributed by atoms with E-state index in [1.54, 1.807) is 30.6 Å². The van der Waals surface area contributed by atoms with Gasteiger partial charge < -0.3 is 19.7 Å². The van der Waals surface area contributed by atoms with Crippen LogP contribution in [-0.4, -0.2) is 62.2 Å². The van der Waals surface area contributed by atoms with Gasteiger partial charge in [-0.1, -0.05) is 0 Å². The molecule has 9 heteroatoms. The summed E-state index contributed by atoms with van der Waals surface area (Å²) in [6.45, 7) is 6.89. The second-order valence-electron chi connectivity index (χ2n) is 8.64. The SMILES string of the molecule is COc1ccc2ncc(-c3cncc(N[C@@H]4CCCN(C(=O)OC(C)(C)C)C4)n3)n2c1. The maximum atomic E-state index is 12.4. The molecular formula is C22H28N6O3. The first kappa shape index (κ1) is 20.9. The smallest absolute Gasteiger partial charge is 0.410 e. The van der Waals surface area contributed by atoms with Crippen LogP contribution in [0.1, 0.15) is 33.6 Å². The van der Waals surface area contributed by atoms with Crippen molar-refractivity contribution in [3.05, 3.63) is 36.9 Å². The largest absolute Gasteiger partial charge is 0.495 e. The number of carbonyl (C=O) groups is 1. The van der Waals surface area contributed by atoms with E-state index < -0.39 is 5.60 Å². The first-order valence-electron chi connectivity index (χ1n) is 10.4. The first-order chi connectivity index (χ1) is 14.8. The van der Waals surface area contributed by atoms with E-state index in [1.165, 1.54) is 0 Å². The maximum absolute atomic E-state index is 12.4. The third-order valence-electron chi connectivity index (χ3n) is 5.04. The molecule has 1 saturated heterocycles. The molecule has 0 unspecified atom stereocenters. The van der Waals surface area contributed by atoms with Crippen molar-refractivity contribution >= 4 is 17.6 Å². The zero-order chi connectivity index (χ0) is 22.0. The quantitative estimate of drug-likeness (QED) is 0.684. The maximum Gasteiger partial charge on any atom is 0.410 e. The molecule has 0 spiro atoms. The molecule has 9 nitrogen and oxygen atoms in total. The molecule has 3 aromatic heterocycles. The van der Waals surface area contributed by atoms with Crippen LogP contribution in [0.2, 0.25) is 0 Å². The summed E-state index contributed by atoms with van der Waals surface area (Å²) in [5, 5.41) is 3.42. The van der Waals surface area contributed by atoms with Crippen LogP contribution in [-0.2, 0) is 4.74 Å². The predicted octanol–water partition coefficient (Wildman–Crippen LogP) is 3.61. The Morgan fingerprint density at radius 2 is 2.06 bits per heavy atom. The van der Waals surface area contributed by atoms with Gasteiger partial charge in [-0.15, -0.1) is 0 Å². The van der Waals surface area contributed by atoms with Crippen molar-refractivity contribution < 1.29 is 14.3 Å². The van der Waals surface area contributed by atoms with Crippen LogP contribution in [0, 0.1) is 0 Å². The Morgan fingerprint density at radius 1 is 1.23 bits per heavy atom. The summed E-state index contributed by atoms with van der Waals surface area (Å²) in [5.41, 5.74) is 1.82. The standard InChI is InChI=1S/C22H28N6O3/c1-22(2,3)31-21(29)27-9-5-6-15(13-27)25-19-12-23-10-17(26-19)18-11-24-20-8-7-16(30-4)14-28(18)20/h7-8,10-12,14-15H,5-6,9,13H2,1-4H3,(H,25,26)/t15-/m1/s1. The second-order valence-corrected chi connectivity index (χ2v) is 8.64. The van der Waals surface area contributed by atoms with Gasteiger partial charge in [0.15, 0.2) is 0 Å². The van der Waals surface area contributed by atoms with Crippen molar-refractivity contribution in [2.45, 2.75) is 45.3 Å². The number of hydrogen-bond acceptors (Lipinski definition) is 7. The van der Waals surface area contributed by atoms with Gasteiger partial charge in [0.05, 0.1) is 37.6 Å². The number of fused-ring (bicyclic) bond motifs is 1. The Labute approximate surface area is 181 Å². The fraction of sp³-hybridized carbons (Fsp3) is 0.455. The minimum absolute atomic E-state index is 0.0769. The summed E-state index contributed by atoms with van der Waals surface area (Å²) in [7, 11) is 1.63. The van der Waals surface area contributed by atoms with E-state index in [-0.39, 0.29) is 12.1 Å². The number of amides is 1. The molecule has 4 rings (SSSR count). The van der Waals surface area contributed by atoms with Crippen LogP contribution in [0.5, 0.6) is 5.75 Å². The van der Waals surface area contributed by atoms with Crippen LogP contribution >= 0.6 is 0 Å². The fourth-order valence-electron chi connectivity index (χ4n) is 3.63. The predicted molar refractivity (Wildman–Crippen MR) is 117 cm³/mol. The number of pyridine rings is 1. The second kappa shape index (κ2) is 8.41. The first-order valence-corrected chi connectivity index (χ1v) is 10.4. The number of nitrogens with one attached hydrogen (secondary N) is 1. The number of imidazole rings is 1. The molecule has 0 aromatic carbocycles. The average Bonchev–Trinajstić information content (AvgIpc) is 3.16. The van der Waals surface area contributed by atoms with Crippen LogP contribution in [0.4, 0.5) is 10.6 Å². The van der Waals surface area contributed by atoms with E-state index >= 15 is 0 Å². The summed E-state index contributed by atoms with van der Waals surface area (Å²) in [5.74, 6) is 1.39. The number of aromatic nitrogens is 4. The topological polar surface area (TPSA) is 93.9 Å². The highest BCUT2D eigenvalue weighted by atomic mass is 16.6. The van der Waals surface area contributed by atoms with Crippen molar-refractivity contribution in [3.8, 4) is 17.1 Å². The normalized spacial score (nSPS) is 16.9. The number of ether oxygens (including phenoxy) is 2. The monoisotopic (exact) mass is 424 g/mol. The van der Waals surface area contributed by atoms with Gasteiger partial charge >= 0.3 is 6.09 Å². The molecule has 4 heterocycles. The average molecular weight is 425 g/mol.